The maximum absolute atomic E-state index is 13.5. The Morgan fingerprint density at radius 1 is 1.10 bits per heavy atom. The first-order chi connectivity index (χ1) is 14.6. The van der Waals surface area contributed by atoms with Crippen LogP contribution in [0.25, 0.3) is 5.52 Å². The van der Waals surface area contributed by atoms with Gasteiger partial charge in [-0.05, 0) is 81.3 Å². The normalized spacial score (nSPS) is 34.0. The van der Waals surface area contributed by atoms with Crippen molar-refractivity contribution in [1.82, 2.24) is 19.6 Å². The molecule has 4 bridgehead atoms. The van der Waals surface area contributed by atoms with Gasteiger partial charge >= 0.3 is 0 Å². The minimum absolute atomic E-state index is 0.00435. The van der Waals surface area contributed by atoms with Crippen LogP contribution in [0.4, 0.5) is 0 Å². The van der Waals surface area contributed by atoms with Crippen molar-refractivity contribution in [3.05, 3.63) is 35.9 Å². The monoisotopic (exact) mass is 408 g/mol. The van der Waals surface area contributed by atoms with Crippen molar-refractivity contribution in [2.45, 2.75) is 69.6 Å². The van der Waals surface area contributed by atoms with Gasteiger partial charge in [-0.1, -0.05) is 6.07 Å². The molecule has 0 unspecified atom stereocenters. The van der Waals surface area contributed by atoms with Crippen molar-refractivity contribution in [2.24, 2.45) is 17.8 Å². The summed E-state index contributed by atoms with van der Waals surface area (Å²) < 4.78 is 1.96. The van der Waals surface area contributed by atoms with E-state index in [0.717, 1.165) is 80.7 Å². The molecule has 2 aromatic rings. The number of nitrogens with zero attached hydrogens (tertiary/aromatic N) is 3. The first kappa shape index (κ1) is 18.8. The lowest BCUT2D eigenvalue weighted by Gasteiger charge is -2.56. The summed E-state index contributed by atoms with van der Waals surface area (Å²) in [7, 11) is 0. The number of carbonyl (C=O) groups is 1. The lowest BCUT2D eigenvalue weighted by molar-refractivity contribution is -0.0169. The number of carbonyl (C=O) groups excluding carboxylic acids is 1. The summed E-state index contributed by atoms with van der Waals surface area (Å²) in [5.74, 6) is 2.92. The maximum atomic E-state index is 13.5. The summed E-state index contributed by atoms with van der Waals surface area (Å²) in [4.78, 5) is 20.6. The van der Waals surface area contributed by atoms with Gasteiger partial charge in [-0.2, -0.15) is 0 Å². The number of hydrogen-bond donors (Lipinski definition) is 2. The second-order valence-electron chi connectivity index (χ2n) is 10.5. The molecule has 1 aliphatic heterocycles. The van der Waals surface area contributed by atoms with Gasteiger partial charge in [0.05, 0.1) is 17.3 Å². The average molecular weight is 409 g/mol. The molecule has 7 rings (SSSR count). The lowest BCUT2D eigenvalue weighted by atomic mass is 9.53. The SMILES string of the molecule is O=C(NC12CC3CC(CC(C3)C1)C2)c1nc(CN2CCC(O)CC2)c2ccccn12. The van der Waals surface area contributed by atoms with Gasteiger partial charge in [0.2, 0.25) is 5.82 Å². The Morgan fingerprint density at radius 2 is 1.77 bits per heavy atom. The Kier molecular flexibility index (Phi) is 4.43. The summed E-state index contributed by atoms with van der Waals surface area (Å²) in [6, 6.07) is 6.04. The molecule has 6 nitrogen and oxygen atoms in total. The van der Waals surface area contributed by atoms with Crippen molar-refractivity contribution in [3.63, 3.8) is 0 Å². The number of likely N-dealkylation sites (tertiary alicyclic amines) is 1. The van der Waals surface area contributed by atoms with Gasteiger partial charge in [0.25, 0.3) is 5.91 Å². The van der Waals surface area contributed by atoms with Crippen LogP contribution < -0.4 is 5.32 Å². The Morgan fingerprint density at radius 3 is 2.43 bits per heavy atom. The summed E-state index contributed by atoms with van der Waals surface area (Å²) in [5.41, 5.74) is 1.97. The third-order valence-electron chi connectivity index (χ3n) is 8.18. The third kappa shape index (κ3) is 3.25. The molecule has 0 atom stereocenters. The molecule has 5 fully saturated rings. The van der Waals surface area contributed by atoms with Gasteiger partial charge in [-0.3, -0.25) is 14.1 Å². The lowest BCUT2D eigenvalue weighted by Crippen LogP contribution is -2.60. The van der Waals surface area contributed by atoms with Gasteiger partial charge in [0.15, 0.2) is 0 Å². The van der Waals surface area contributed by atoms with E-state index in [-0.39, 0.29) is 17.6 Å². The maximum Gasteiger partial charge on any atom is 0.288 e. The van der Waals surface area contributed by atoms with Gasteiger partial charge in [-0.25, -0.2) is 4.98 Å². The van der Waals surface area contributed by atoms with Crippen LogP contribution in [-0.2, 0) is 6.54 Å². The molecule has 2 aromatic heterocycles. The molecule has 0 aromatic carbocycles. The predicted octanol–water partition coefficient (Wildman–Crippen LogP) is 2.99. The molecule has 4 saturated carbocycles. The Bertz CT molecular complexity index is 924. The number of piperidine rings is 1. The fourth-order valence-electron chi connectivity index (χ4n) is 7.23. The van der Waals surface area contributed by atoms with Gasteiger partial charge < -0.3 is 10.4 Å². The Balaban J connectivity index is 1.26. The largest absolute Gasteiger partial charge is 0.393 e. The minimum atomic E-state index is -0.179. The van der Waals surface area contributed by atoms with E-state index in [2.05, 4.69) is 16.3 Å². The highest BCUT2D eigenvalue weighted by atomic mass is 16.3. The molecule has 2 N–H and O–H groups in total. The zero-order valence-electron chi connectivity index (χ0n) is 17.6. The topological polar surface area (TPSA) is 69.9 Å². The van der Waals surface area contributed by atoms with Crippen molar-refractivity contribution in [1.29, 1.82) is 0 Å². The van der Waals surface area contributed by atoms with Crippen LogP contribution in [-0.4, -0.2) is 50.0 Å². The number of imidazole rings is 1. The van der Waals surface area contributed by atoms with E-state index in [9.17, 15) is 9.90 Å². The van der Waals surface area contributed by atoms with Crippen LogP contribution in [0.15, 0.2) is 24.4 Å². The third-order valence-corrected chi connectivity index (χ3v) is 8.18. The highest BCUT2D eigenvalue weighted by Crippen LogP contribution is 2.55. The molecule has 5 aliphatic rings. The molecule has 4 aliphatic carbocycles. The molecular weight excluding hydrogens is 376 g/mol. The second kappa shape index (κ2) is 7.06. The smallest absolute Gasteiger partial charge is 0.288 e. The summed E-state index contributed by atoms with van der Waals surface area (Å²) in [6.07, 6.45) is 11.0. The number of rotatable bonds is 4. The highest BCUT2D eigenvalue weighted by molar-refractivity contribution is 5.92. The fraction of sp³-hybridized carbons (Fsp3) is 0.667. The molecule has 30 heavy (non-hydrogen) atoms. The number of hydrogen-bond acceptors (Lipinski definition) is 4. The average Bonchev–Trinajstić information content (AvgIpc) is 3.07. The van der Waals surface area contributed by atoms with Crippen molar-refractivity contribution >= 4 is 11.4 Å². The van der Waals surface area contributed by atoms with Gasteiger partial charge in [-0.15, -0.1) is 0 Å². The van der Waals surface area contributed by atoms with Crippen LogP contribution in [0, 0.1) is 17.8 Å². The zero-order chi connectivity index (χ0) is 20.3. The van der Waals surface area contributed by atoms with Gasteiger partial charge in [0, 0.05) is 31.4 Å². The quantitative estimate of drug-likeness (QED) is 0.816. The predicted molar refractivity (Wildman–Crippen MR) is 114 cm³/mol. The van der Waals surface area contributed by atoms with Crippen LogP contribution in [0.3, 0.4) is 0 Å². The Labute approximate surface area is 177 Å². The molecule has 160 valence electrons. The molecule has 0 spiro atoms. The van der Waals surface area contributed by atoms with Crippen molar-refractivity contribution < 1.29 is 9.90 Å². The number of amides is 1. The standard InChI is InChI=1S/C24H32N4O2/c29-19-4-7-27(8-5-19)15-20-21-3-1-2-6-28(21)22(25-20)23(30)26-24-12-16-9-17(13-24)11-18(10-16)14-24/h1-3,6,16-19,29H,4-5,7-15H2,(H,26,30). The number of aromatic nitrogens is 2. The van der Waals surface area contributed by atoms with E-state index in [1.807, 2.05) is 22.7 Å². The van der Waals surface area contributed by atoms with E-state index in [0.29, 0.717) is 5.82 Å². The van der Waals surface area contributed by atoms with Gasteiger partial charge in [0.1, 0.15) is 0 Å². The fourth-order valence-corrected chi connectivity index (χ4v) is 7.23. The number of aliphatic hydroxyl groups excluding tert-OH is 1. The highest BCUT2D eigenvalue weighted by Gasteiger charge is 2.51. The minimum Gasteiger partial charge on any atom is -0.393 e. The summed E-state index contributed by atoms with van der Waals surface area (Å²) >= 11 is 0. The van der Waals surface area contributed by atoms with E-state index >= 15 is 0 Å². The van der Waals surface area contributed by atoms with E-state index in [1.165, 1.54) is 19.3 Å². The van der Waals surface area contributed by atoms with Crippen molar-refractivity contribution in [2.75, 3.05) is 13.1 Å². The van der Waals surface area contributed by atoms with Crippen molar-refractivity contribution in [3.8, 4) is 0 Å². The molecule has 0 radical (unpaired) electrons. The number of fused-ring (bicyclic) bond motifs is 1. The zero-order valence-corrected chi connectivity index (χ0v) is 17.6. The second-order valence-corrected chi connectivity index (χ2v) is 10.5. The number of pyridine rings is 1. The molecule has 3 heterocycles. The number of aliphatic hydroxyl groups is 1. The molecule has 1 saturated heterocycles. The molecule has 1 amide bonds. The van der Waals surface area contributed by atoms with E-state index < -0.39 is 0 Å². The molecular formula is C24H32N4O2. The first-order valence-corrected chi connectivity index (χ1v) is 11.8. The Hall–Kier alpha value is -1.92. The van der Waals surface area contributed by atoms with Crippen LogP contribution in [0.5, 0.6) is 0 Å². The van der Waals surface area contributed by atoms with Crippen LogP contribution in [0.1, 0.15) is 67.7 Å². The summed E-state index contributed by atoms with van der Waals surface area (Å²) in [5, 5.41) is 13.3. The summed E-state index contributed by atoms with van der Waals surface area (Å²) in [6.45, 7) is 2.48. The molecule has 6 heteroatoms. The van der Waals surface area contributed by atoms with Crippen LogP contribution in [0.2, 0.25) is 0 Å². The van der Waals surface area contributed by atoms with E-state index in [1.54, 1.807) is 0 Å². The first-order valence-electron chi connectivity index (χ1n) is 11.8. The van der Waals surface area contributed by atoms with Crippen LogP contribution >= 0.6 is 0 Å². The number of nitrogens with one attached hydrogen (secondary N) is 1. The van der Waals surface area contributed by atoms with E-state index in [4.69, 9.17) is 4.98 Å².